The van der Waals surface area contributed by atoms with Gasteiger partial charge in [-0.15, -0.1) is 0 Å². The van der Waals surface area contributed by atoms with E-state index in [0.717, 1.165) is 0 Å². The summed E-state index contributed by atoms with van der Waals surface area (Å²) in [6, 6.07) is 0. The summed E-state index contributed by atoms with van der Waals surface area (Å²) in [6.45, 7) is -2.27. The first kappa shape index (κ1) is 27.9. The molecule has 0 saturated carbocycles. The largest absolute Gasteiger partial charge is 0.384 e. The fraction of sp³-hybridized carbons (Fsp3) is 1.00. The van der Waals surface area contributed by atoms with Crippen molar-refractivity contribution in [2.24, 2.45) is 0 Å². The second-order valence-electron chi connectivity index (χ2n) is 6.97. The molecule has 0 N–H and O–H groups in total. The third-order valence-electron chi connectivity index (χ3n) is 3.86. The Kier molecular flexibility index (Phi) is 6.19. The van der Waals surface area contributed by atoms with Gasteiger partial charge in [-0.2, -0.15) is 61.5 Å². The van der Waals surface area contributed by atoms with Gasteiger partial charge in [0.25, 0.3) is 0 Å². The molecule has 0 fully saturated rings. The summed E-state index contributed by atoms with van der Waals surface area (Å²) in [5.41, 5.74) is -9.61. The highest BCUT2D eigenvalue weighted by atomic mass is 19.4. The van der Waals surface area contributed by atoms with Gasteiger partial charge in [-0.05, 0) is 27.7 Å². The normalized spacial score (nSPS) is 17.0. The number of alkyl halides is 16. The summed E-state index contributed by atoms with van der Waals surface area (Å²) in [4.78, 5) is 0. The van der Waals surface area contributed by atoms with E-state index in [4.69, 9.17) is 0 Å². The van der Waals surface area contributed by atoms with Crippen LogP contribution in [0.1, 0.15) is 27.7 Å². The van der Waals surface area contributed by atoms with Crippen molar-refractivity contribution in [2.45, 2.75) is 80.5 Å². The maximum Gasteiger partial charge on any atom is 0.384 e. The van der Waals surface area contributed by atoms with Crippen molar-refractivity contribution in [3.05, 3.63) is 0 Å². The van der Waals surface area contributed by atoms with Crippen LogP contribution in [-0.2, 0) is 0 Å². The van der Waals surface area contributed by atoms with Gasteiger partial charge in [-0.1, -0.05) is 0 Å². The molecule has 176 valence electrons. The van der Waals surface area contributed by atoms with E-state index in [1.807, 2.05) is 0 Å². The predicted octanol–water partition coefficient (Wildman–Crippen LogP) is 6.93. The average molecular weight is 472 g/mol. The first-order valence-electron chi connectivity index (χ1n) is 7.02. The molecule has 0 amide bonds. The van der Waals surface area contributed by atoms with Gasteiger partial charge in [0.15, 0.2) is 11.3 Å². The molecular weight excluding hydrogens is 460 g/mol. The molecule has 0 aromatic heterocycles. The van der Waals surface area contributed by atoms with E-state index in [9.17, 15) is 70.2 Å². The number of hydrogen-bond acceptors (Lipinski definition) is 0. The summed E-state index contributed by atoms with van der Waals surface area (Å²) in [5, 5.41) is 0. The Bertz CT molecular complexity index is 551. The van der Waals surface area contributed by atoms with Gasteiger partial charge in [0, 0.05) is 0 Å². The van der Waals surface area contributed by atoms with E-state index in [1.165, 1.54) is 0 Å². The molecule has 0 nitrogen and oxygen atoms in total. The molecule has 0 saturated heterocycles. The number of halogens is 16. The Morgan fingerprint density at radius 3 is 0.448 bits per heavy atom. The lowest BCUT2D eigenvalue weighted by Crippen LogP contribution is -2.75. The van der Waals surface area contributed by atoms with Gasteiger partial charge in [0.05, 0.1) is 0 Å². The zero-order valence-electron chi connectivity index (χ0n) is 14.5. The van der Waals surface area contributed by atoms with E-state index in [1.54, 1.807) is 0 Å². The summed E-state index contributed by atoms with van der Waals surface area (Å²) >= 11 is 0. The Morgan fingerprint density at radius 2 is 0.345 bits per heavy atom. The Balaban J connectivity index is 6.82. The molecule has 0 bridgehead atoms. The van der Waals surface area contributed by atoms with E-state index >= 15 is 0 Å². The molecule has 0 radical (unpaired) electrons. The lowest BCUT2D eigenvalue weighted by Gasteiger charge is -2.45. The van der Waals surface area contributed by atoms with E-state index in [0.29, 0.717) is 0 Å². The summed E-state index contributed by atoms with van der Waals surface area (Å²) < 4.78 is 213. The molecular formula is C13H12F16. The van der Waals surface area contributed by atoms with Gasteiger partial charge in [-0.25, -0.2) is 8.78 Å². The van der Waals surface area contributed by atoms with Crippen LogP contribution in [0.4, 0.5) is 70.2 Å². The highest BCUT2D eigenvalue weighted by Gasteiger charge is 2.94. The smallest absolute Gasteiger partial charge is 0.238 e. The van der Waals surface area contributed by atoms with Crippen LogP contribution >= 0.6 is 0 Å². The Hall–Kier alpha value is -1.12. The topological polar surface area (TPSA) is 0 Å². The molecule has 0 spiro atoms. The Morgan fingerprint density at radius 1 is 0.241 bits per heavy atom. The van der Waals surface area contributed by atoms with Crippen molar-refractivity contribution < 1.29 is 70.2 Å². The molecule has 0 rings (SSSR count). The third-order valence-corrected chi connectivity index (χ3v) is 3.86. The van der Waals surface area contributed by atoms with Gasteiger partial charge in [0.1, 0.15) is 0 Å². The molecule has 0 aromatic carbocycles. The quantitative estimate of drug-likeness (QED) is 0.336. The lowest BCUT2D eigenvalue weighted by atomic mass is 9.83. The van der Waals surface area contributed by atoms with Crippen LogP contribution in [-0.4, -0.2) is 52.8 Å². The molecule has 16 heteroatoms. The van der Waals surface area contributed by atoms with Gasteiger partial charge >= 0.3 is 41.5 Å². The van der Waals surface area contributed by atoms with Crippen molar-refractivity contribution in [2.75, 3.05) is 0 Å². The van der Waals surface area contributed by atoms with Crippen LogP contribution in [0.25, 0.3) is 0 Å². The summed E-state index contributed by atoms with van der Waals surface area (Å²) in [7, 11) is 0. The first-order valence-corrected chi connectivity index (χ1v) is 7.02. The fourth-order valence-electron chi connectivity index (χ4n) is 1.73. The highest BCUT2D eigenvalue weighted by molar-refractivity contribution is 5.17. The minimum absolute atomic E-state index is 0.568. The minimum atomic E-state index is -8.35. The second-order valence-corrected chi connectivity index (χ2v) is 6.97. The van der Waals surface area contributed by atoms with Crippen LogP contribution in [0.3, 0.4) is 0 Å². The lowest BCUT2D eigenvalue weighted by molar-refractivity contribution is -0.452. The van der Waals surface area contributed by atoms with Crippen LogP contribution in [0.2, 0.25) is 0 Å². The molecule has 0 aliphatic heterocycles. The molecule has 0 heterocycles. The Labute approximate surface area is 152 Å². The fourth-order valence-corrected chi connectivity index (χ4v) is 1.73. The SMILES string of the molecule is CC(C)(F)C(F)(F)C(F)(F)C(F)(F)C(F)(F)C(F)(F)C(F)(F)C(F)(F)C(C)(C)F. The van der Waals surface area contributed by atoms with Crippen LogP contribution < -0.4 is 0 Å². The van der Waals surface area contributed by atoms with E-state index in [2.05, 4.69) is 0 Å². The van der Waals surface area contributed by atoms with Crippen molar-refractivity contribution in [3.8, 4) is 0 Å². The monoisotopic (exact) mass is 472 g/mol. The van der Waals surface area contributed by atoms with Gasteiger partial charge < -0.3 is 0 Å². The molecule has 0 aliphatic carbocycles. The standard InChI is InChI=1S/C13H12F16/c1-5(2,14)7(16,17)9(20,21)11(24,25)13(28,29)12(26,27)10(22,23)8(18,19)6(3,4)15/h1-4H3. The van der Waals surface area contributed by atoms with Crippen molar-refractivity contribution in [1.82, 2.24) is 0 Å². The van der Waals surface area contributed by atoms with Crippen LogP contribution in [0.15, 0.2) is 0 Å². The molecule has 0 atom stereocenters. The molecule has 0 aliphatic rings. The third kappa shape index (κ3) is 3.31. The second kappa shape index (κ2) is 6.44. The summed E-state index contributed by atoms with van der Waals surface area (Å²) in [6.07, 6.45) is 0. The van der Waals surface area contributed by atoms with Crippen molar-refractivity contribution in [1.29, 1.82) is 0 Å². The van der Waals surface area contributed by atoms with Crippen molar-refractivity contribution >= 4 is 0 Å². The van der Waals surface area contributed by atoms with Crippen molar-refractivity contribution in [3.63, 3.8) is 0 Å². The zero-order valence-corrected chi connectivity index (χ0v) is 14.5. The maximum absolute atomic E-state index is 13.4. The highest BCUT2D eigenvalue weighted by Crippen LogP contribution is 2.64. The minimum Gasteiger partial charge on any atom is -0.238 e. The molecule has 0 unspecified atom stereocenters. The number of rotatable bonds is 8. The first-order chi connectivity index (χ1) is 12.0. The predicted molar refractivity (Wildman–Crippen MR) is 65.0 cm³/mol. The average Bonchev–Trinajstić information content (AvgIpc) is 2.43. The maximum atomic E-state index is 13.4. The van der Waals surface area contributed by atoms with Crippen LogP contribution in [0, 0.1) is 0 Å². The van der Waals surface area contributed by atoms with Crippen LogP contribution in [0.5, 0.6) is 0 Å². The molecule has 0 aromatic rings. The van der Waals surface area contributed by atoms with E-state index < -0.39 is 80.5 Å². The zero-order chi connectivity index (χ0) is 24.5. The molecule has 29 heavy (non-hydrogen) atoms. The number of hydrogen-bond donors (Lipinski definition) is 0. The van der Waals surface area contributed by atoms with Gasteiger partial charge in [0.2, 0.25) is 0 Å². The summed E-state index contributed by atoms with van der Waals surface area (Å²) in [5.74, 6) is -54.2. The van der Waals surface area contributed by atoms with E-state index in [-0.39, 0.29) is 0 Å². The van der Waals surface area contributed by atoms with Gasteiger partial charge in [-0.3, -0.25) is 0 Å².